The van der Waals surface area contributed by atoms with Gasteiger partial charge in [0.25, 0.3) is 0 Å². The van der Waals surface area contributed by atoms with E-state index in [1.807, 2.05) is 11.6 Å². The van der Waals surface area contributed by atoms with Crippen molar-refractivity contribution in [3.05, 3.63) is 30.1 Å². The average Bonchev–Trinajstić information content (AvgIpc) is 3.04. The second kappa shape index (κ2) is 7.63. The van der Waals surface area contributed by atoms with Crippen LogP contribution in [0.4, 0.5) is 0 Å². The number of primary sulfonamides is 1. The molecule has 0 atom stereocenters. The first-order valence-corrected chi connectivity index (χ1v) is 10.2. The van der Waals surface area contributed by atoms with Crippen LogP contribution in [0.1, 0.15) is 50.9 Å². The fraction of sp³-hybridized carbons (Fsp3) is 0.529. The summed E-state index contributed by atoms with van der Waals surface area (Å²) >= 11 is 0. The molecule has 1 saturated carbocycles. The molecule has 1 heterocycles. The third-order valence-electron chi connectivity index (χ3n) is 4.47. The van der Waals surface area contributed by atoms with Crippen molar-refractivity contribution in [1.82, 2.24) is 14.8 Å². The van der Waals surface area contributed by atoms with Gasteiger partial charge in [-0.1, -0.05) is 19.3 Å². The molecule has 3 rings (SSSR count). The molecule has 1 fully saturated rings. The standard InChI is InChI=1S/C17H24N4O3S/c1-2-24-12-16-19-17(21(20-16)14-6-4-3-5-7-14)13-8-10-15(11-9-13)25(18,22)23/h8-11,14H,2-7,12H2,1H3,(H2,18,22,23). The highest BCUT2D eigenvalue weighted by molar-refractivity contribution is 7.89. The minimum Gasteiger partial charge on any atom is -0.374 e. The Morgan fingerprint density at radius 1 is 1.20 bits per heavy atom. The Morgan fingerprint density at radius 2 is 1.88 bits per heavy atom. The van der Waals surface area contributed by atoms with Crippen molar-refractivity contribution in [2.75, 3.05) is 6.61 Å². The van der Waals surface area contributed by atoms with Crippen LogP contribution in [0.5, 0.6) is 0 Å². The summed E-state index contributed by atoms with van der Waals surface area (Å²) in [6.45, 7) is 2.92. The van der Waals surface area contributed by atoms with Gasteiger partial charge in [-0.15, -0.1) is 0 Å². The third-order valence-corrected chi connectivity index (χ3v) is 5.40. The van der Waals surface area contributed by atoms with Gasteiger partial charge in [-0.3, -0.25) is 0 Å². The zero-order valence-electron chi connectivity index (χ0n) is 14.4. The molecule has 2 N–H and O–H groups in total. The summed E-state index contributed by atoms with van der Waals surface area (Å²) in [6.07, 6.45) is 5.80. The van der Waals surface area contributed by atoms with Crippen molar-refractivity contribution >= 4 is 10.0 Å². The van der Waals surface area contributed by atoms with E-state index in [1.165, 1.54) is 31.4 Å². The second-order valence-electron chi connectivity index (χ2n) is 6.29. The van der Waals surface area contributed by atoms with Crippen LogP contribution in [0, 0.1) is 0 Å². The van der Waals surface area contributed by atoms with E-state index in [1.54, 1.807) is 12.1 Å². The SMILES string of the molecule is CCOCc1nc(-c2ccc(S(N)(=O)=O)cc2)n(C2CCCCC2)n1. The second-order valence-corrected chi connectivity index (χ2v) is 7.86. The van der Waals surface area contributed by atoms with Gasteiger partial charge in [-0.25, -0.2) is 23.2 Å². The fourth-order valence-corrected chi connectivity index (χ4v) is 3.71. The van der Waals surface area contributed by atoms with Crippen LogP contribution >= 0.6 is 0 Å². The molecule has 8 heteroatoms. The predicted octanol–water partition coefficient (Wildman–Crippen LogP) is 2.63. The normalized spacial score (nSPS) is 16.2. The van der Waals surface area contributed by atoms with Crippen molar-refractivity contribution in [2.24, 2.45) is 5.14 Å². The number of nitrogens with two attached hydrogens (primary N) is 1. The van der Waals surface area contributed by atoms with E-state index in [2.05, 4.69) is 10.1 Å². The molecule has 1 aliphatic rings. The molecular weight excluding hydrogens is 340 g/mol. The highest BCUT2D eigenvalue weighted by Gasteiger charge is 2.22. The number of hydrogen-bond donors (Lipinski definition) is 1. The number of rotatable bonds is 6. The lowest BCUT2D eigenvalue weighted by molar-refractivity contribution is 0.127. The van der Waals surface area contributed by atoms with Gasteiger partial charge < -0.3 is 4.74 Å². The number of hydrogen-bond acceptors (Lipinski definition) is 5. The van der Waals surface area contributed by atoms with Crippen molar-refractivity contribution in [3.8, 4) is 11.4 Å². The van der Waals surface area contributed by atoms with Crippen molar-refractivity contribution in [3.63, 3.8) is 0 Å². The van der Waals surface area contributed by atoms with Crippen LogP contribution in [0.25, 0.3) is 11.4 Å². The quantitative estimate of drug-likeness (QED) is 0.849. The Kier molecular flexibility index (Phi) is 5.51. The third kappa shape index (κ3) is 4.26. The van der Waals surface area contributed by atoms with Crippen LogP contribution < -0.4 is 5.14 Å². The Hall–Kier alpha value is -1.77. The van der Waals surface area contributed by atoms with E-state index in [4.69, 9.17) is 9.88 Å². The lowest BCUT2D eigenvalue weighted by Crippen LogP contribution is -2.16. The minimum atomic E-state index is -3.70. The zero-order chi connectivity index (χ0) is 17.9. The van der Waals surface area contributed by atoms with E-state index >= 15 is 0 Å². The summed E-state index contributed by atoms with van der Waals surface area (Å²) in [5.74, 6) is 1.40. The van der Waals surface area contributed by atoms with Gasteiger partial charge in [0.05, 0.1) is 10.9 Å². The van der Waals surface area contributed by atoms with Gasteiger partial charge in [-0.2, -0.15) is 5.10 Å². The minimum absolute atomic E-state index is 0.0921. The largest absolute Gasteiger partial charge is 0.374 e. The number of aromatic nitrogens is 3. The molecule has 0 saturated heterocycles. The van der Waals surface area contributed by atoms with Gasteiger partial charge in [-0.05, 0) is 44.0 Å². The van der Waals surface area contributed by atoms with Gasteiger partial charge in [0.15, 0.2) is 11.6 Å². The molecule has 0 aliphatic heterocycles. The number of ether oxygens (including phenoxy) is 1. The highest BCUT2D eigenvalue weighted by Crippen LogP contribution is 2.31. The number of nitrogens with zero attached hydrogens (tertiary/aromatic N) is 3. The molecule has 0 amide bonds. The molecule has 0 radical (unpaired) electrons. The van der Waals surface area contributed by atoms with Crippen LogP contribution in [0.2, 0.25) is 0 Å². The zero-order valence-corrected chi connectivity index (χ0v) is 15.2. The maximum absolute atomic E-state index is 11.4. The van der Waals surface area contributed by atoms with Gasteiger partial charge in [0, 0.05) is 12.2 Å². The lowest BCUT2D eigenvalue weighted by Gasteiger charge is -2.23. The van der Waals surface area contributed by atoms with E-state index in [0.29, 0.717) is 25.1 Å². The van der Waals surface area contributed by atoms with Gasteiger partial charge in [0.2, 0.25) is 10.0 Å². The van der Waals surface area contributed by atoms with Crippen LogP contribution in [0.15, 0.2) is 29.2 Å². The Bertz CT molecular complexity index is 809. The number of benzene rings is 1. The Balaban J connectivity index is 1.96. The monoisotopic (exact) mass is 364 g/mol. The molecule has 136 valence electrons. The van der Waals surface area contributed by atoms with E-state index in [9.17, 15) is 8.42 Å². The van der Waals surface area contributed by atoms with Gasteiger partial charge in [0.1, 0.15) is 6.61 Å². The summed E-state index contributed by atoms with van der Waals surface area (Å²) in [4.78, 5) is 4.72. The topological polar surface area (TPSA) is 100 Å². The van der Waals surface area contributed by atoms with Crippen LogP contribution in [-0.4, -0.2) is 29.8 Å². The molecule has 1 aliphatic carbocycles. The molecule has 0 bridgehead atoms. The first-order chi connectivity index (χ1) is 12.0. The fourth-order valence-electron chi connectivity index (χ4n) is 3.19. The Labute approximate surface area is 148 Å². The predicted molar refractivity (Wildman–Crippen MR) is 94.3 cm³/mol. The van der Waals surface area contributed by atoms with Gasteiger partial charge >= 0.3 is 0 Å². The molecule has 0 unspecified atom stereocenters. The summed E-state index contributed by atoms with van der Waals surface area (Å²) in [7, 11) is -3.70. The maximum Gasteiger partial charge on any atom is 0.238 e. The molecule has 7 nitrogen and oxygen atoms in total. The molecule has 1 aromatic carbocycles. The van der Waals surface area contributed by atoms with E-state index in [0.717, 1.165) is 24.2 Å². The van der Waals surface area contributed by atoms with Crippen LogP contribution in [-0.2, 0) is 21.4 Å². The van der Waals surface area contributed by atoms with E-state index < -0.39 is 10.0 Å². The summed E-state index contributed by atoms with van der Waals surface area (Å²) < 4.78 is 30.3. The highest BCUT2D eigenvalue weighted by atomic mass is 32.2. The summed E-state index contributed by atoms with van der Waals surface area (Å²) in [5, 5.41) is 9.83. The summed E-state index contributed by atoms with van der Waals surface area (Å²) in [5.41, 5.74) is 0.827. The molecular formula is C17H24N4O3S. The summed E-state index contributed by atoms with van der Waals surface area (Å²) in [6, 6.07) is 6.80. The molecule has 0 spiro atoms. The van der Waals surface area contributed by atoms with Crippen molar-refractivity contribution < 1.29 is 13.2 Å². The van der Waals surface area contributed by atoms with Crippen molar-refractivity contribution in [2.45, 2.75) is 56.6 Å². The maximum atomic E-state index is 11.4. The lowest BCUT2D eigenvalue weighted by atomic mass is 9.95. The molecule has 2 aromatic rings. The van der Waals surface area contributed by atoms with Crippen molar-refractivity contribution in [1.29, 1.82) is 0 Å². The Morgan fingerprint density at radius 3 is 2.48 bits per heavy atom. The first-order valence-electron chi connectivity index (χ1n) is 8.65. The average molecular weight is 364 g/mol. The van der Waals surface area contributed by atoms with Crippen LogP contribution in [0.3, 0.4) is 0 Å². The van der Waals surface area contributed by atoms with E-state index in [-0.39, 0.29) is 4.90 Å². The smallest absolute Gasteiger partial charge is 0.238 e. The molecule has 25 heavy (non-hydrogen) atoms. The first kappa shape index (κ1) is 18.0. The number of sulfonamides is 1. The molecule has 1 aromatic heterocycles.